The van der Waals surface area contributed by atoms with E-state index in [1.54, 1.807) is 18.3 Å². The van der Waals surface area contributed by atoms with Crippen molar-refractivity contribution in [3.8, 4) is 28.3 Å². The van der Waals surface area contributed by atoms with Crippen molar-refractivity contribution < 1.29 is 9.94 Å². The van der Waals surface area contributed by atoms with E-state index < -0.39 is 0 Å². The van der Waals surface area contributed by atoms with Crippen LogP contribution in [-0.2, 0) is 11.4 Å². The molecule has 2 aromatic heterocycles. The second-order valence-corrected chi connectivity index (χ2v) is 8.58. The monoisotopic (exact) mass is 496 g/mol. The van der Waals surface area contributed by atoms with Crippen molar-refractivity contribution in [3.05, 3.63) is 100 Å². The van der Waals surface area contributed by atoms with Gasteiger partial charge in [-0.25, -0.2) is 9.97 Å². The van der Waals surface area contributed by atoms with Crippen LogP contribution in [0.1, 0.15) is 16.7 Å². The van der Waals surface area contributed by atoms with Crippen LogP contribution >= 0.6 is 15.9 Å². The minimum atomic E-state index is 0.168. The predicted octanol–water partition coefficient (Wildman–Crippen LogP) is 6.04. The number of nitrogens with zero attached hydrogens (tertiary/aromatic N) is 3. The topological polar surface area (TPSA) is 83.4 Å². The average molecular weight is 497 g/mol. The third-order valence-electron chi connectivity index (χ3n) is 5.68. The SMILES string of the molecule is Oc1cc(CON=C2c3ccccc3-c3cccc(-c4nc5cccnc5[nH]4)c32)ccc1Br. The first-order valence-corrected chi connectivity index (χ1v) is 11.2. The highest BCUT2D eigenvalue weighted by Crippen LogP contribution is 2.41. The van der Waals surface area contributed by atoms with Crippen LogP contribution in [-0.4, -0.2) is 25.8 Å². The summed E-state index contributed by atoms with van der Waals surface area (Å²) in [7, 11) is 0. The second-order valence-electron chi connectivity index (χ2n) is 7.73. The molecule has 33 heavy (non-hydrogen) atoms. The number of fused-ring (bicyclic) bond motifs is 4. The third-order valence-corrected chi connectivity index (χ3v) is 6.35. The van der Waals surface area contributed by atoms with E-state index >= 15 is 0 Å². The number of benzene rings is 3. The van der Waals surface area contributed by atoms with Crippen molar-refractivity contribution in [1.82, 2.24) is 15.0 Å². The van der Waals surface area contributed by atoms with Crippen molar-refractivity contribution in [1.29, 1.82) is 0 Å². The van der Waals surface area contributed by atoms with Crippen LogP contribution in [0, 0.1) is 0 Å². The number of aromatic hydroxyl groups is 1. The molecule has 1 aliphatic rings. The maximum absolute atomic E-state index is 9.94. The minimum absolute atomic E-state index is 0.168. The van der Waals surface area contributed by atoms with E-state index in [-0.39, 0.29) is 12.4 Å². The van der Waals surface area contributed by atoms with Crippen molar-refractivity contribution in [2.45, 2.75) is 6.61 Å². The lowest BCUT2D eigenvalue weighted by Crippen LogP contribution is -2.03. The van der Waals surface area contributed by atoms with Gasteiger partial charge >= 0.3 is 0 Å². The number of phenolic OH excluding ortho intramolecular Hbond substituents is 1. The molecule has 6 nitrogen and oxygen atoms in total. The third kappa shape index (κ3) is 3.37. The fourth-order valence-electron chi connectivity index (χ4n) is 4.17. The Morgan fingerprint density at radius 3 is 2.58 bits per heavy atom. The Bertz CT molecular complexity index is 1520. The Balaban J connectivity index is 1.44. The van der Waals surface area contributed by atoms with Crippen molar-refractivity contribution in [2.75, 3.05) is 0 Å². The minimum Gasteiger partial charge on any atom is -0.507 e. The highest BCUT2D eigenvalue weighted by Gasteiger charge is 2.29. The summed E-state index contributed by atoms with van der Waals surface area (Å²) in [5, 5.41) is 14.5. The summed E-state index contributed by atoms with van der Waals surface area (Å²) < 4.78 is 0.640. The Hall–Kier alpha value is -3.97. The molecular formula is C26H17BrN4O2. The van der Waals surface area contributed by atoms with E-state index in [1.165, 1.54) is 0 Å². The maximum atomic E-state index is 9.94. The van der Waals surface area contributed by atoms with Gasteiger partial charge in [-0.05, 0) is 56.9 Å². The lowest BCUT2D eigenvalue weighted by atomic mass is 10.00. The van der Waals surface area contributed by atoms with Gasteiger partial charge in [0.25, 0.3) is 0 Å². The van der Waals surface area contributed by atoms with Gasteiger partial charge in [0.1, 0.15) is 29.4 Å². The number of oxime groups is 1. The standard InChI is InChI=1S/C26H17BrN4O2/c27-20-11-10-15(13-22(20)32)14-33-31-24-18-6-2-1-5-16(18)17-7-3-8-19(23(17)24)25-29-21-9-4-12-28-26(21)30-25/h1-13,32H,14H2,(H,28,29,30). The predicted molar refractivity (Wildman–Crippen MR) is 131 cm³/mol. The molecule has 0 bridgehead atoms. The zero-order valence-electron chi connectivity index (χ0n) is 17.3. The van der Waals surface area contributed by atoms with Crippen LogP contribution < -0.4 is 0 Å². The van der Waals surface area contributed by atoms with Crippen LogP contribution in [0.3, 0.4) is 0 Å². The van der Waals surface area contributed by atoms with E-state index in [2.05, 4.69) is 43.2 Å². The van der Waals surface area contributed by atoms with Gasteiger partial charge in [0.05, 0.1) is 4.47 Å². The van der Waals surface area contributed by atoms with Gasteiger partial charge in [-0.2, -0.15) is 0 Å². The molecule has 6 rings (SSSR count). The number of halogens is 1. The van der Waals surface area contributed by atoms with Gasteiger partial charge in [-0.15, -0.1) is 0 Å². The number of nitrogens with one attached hydrogen (secondary N) is 1. The molecule has 0 fully saturated rings. The van der Waals surface area contributed by atoms with Gasteiger partial charge in [0.15, 0.2) is 5.65 Å². The molecule has 5 aromatic rings. The van der Waals surface area contributed by atoms with E-state index in [0.29, 0.717) is 4.47 Å². The fraction of sp³-hybridized carbons (Fsp3) is 0.0385. The molecule has 2 N–H and O–H groups in total. The molecular weight excluding hydrogens is 480 g/mol. The van der Waals surface area contributed by atoms with Crippen LogP contribution in [0.4, 0.5) is 0 Å². The number of aromatic nitrogens is 3. The molecule has 0 amide bonds. The van der Waals surface area contributed by atoms with E-state index in [1.807, 2.05) is 48.5 Å². The smallest absolute Gasteiger partial charge is 0.157 e. The van der Waals surface area contributed by atoms with Crippen LogP contribution in [0.25, 0.3) is 33.7 Å². The van der Waals surface area contributed by atoms with Crippen molar-refractivity contribution in [2.24, 2.45) is 5.16 Å². The quantitative estimate of drug-likeness (QED) is 0.291. The van der Waals surface area contributed by atoms with Crippen molar-refractivity contribution in [3.63, 3.8) is 0 Å². The van der Waals surface area contributed by atoms with E-state index in [4.69, 9.17) is 9.82 Å². The molecule has 0 saturated carbocycles. The van der Waals surface area contributed by atoms with Crippen molar-refractivity contribution >= 4 is 32.8 Å². The molecule has 0 radical (unpaired) electrons. The van der Waals surface area contributed by atoms with Crippen LogP contribution in [0.5, 0.6) is 5.75 Å². The molecule has 0 spiro atoms. The summed E-state index contributed by atoms with van der Waals surface area (Å²) in [5.41, 5.74) is 8.23. The maximum Gasteiger partial charge on any atom is 0.157 e. The second kappa shape index (κ2) is 7.86. The number of imidazole rings is 1. The zero-order chi connectivity index (χ0) is 22.4. The number of phenols is 1. The van der Waals surface area contributed by atoms with Gasteiger partial charge in [-0.1, -0.05) is 53.7 Å². The first-order chi connectivity index (χ1) is 16.2. The molecule has 3 aromatic carbocycles. The lowest BCUT2D eigenvalue weighted by molar-refractivity contribution is 0.131. The summed E-state index contributed by atoms with van der Waals surface area (Å²) in [6, 6.07) is 23.5. The van der Waals surface area contributed by atoms with Gasteiger partial charge < -0.3 is 14.9 Å². The van der Waals surface area contributed by atoms with Gasteiger partial charge in [0, 0.05) is 22.9 Å². The molecule has 0 atom stereocenters. The fourth-order valence-corrected chi connectivity index (χ4v) is 4.42. The van der Waals surface area contributed by atoms with E-state index in [9.17, 15) is 5.11 Å². The van der Waals surface area contributed by atoms with Crippen LogP contribution in [0.2, 0.25) is 0 Å². The number of H-pyrrole nitrogens is 1. The molecule has 1 aliphatic carbocycles. The number of aromatic amines is 1. The van der Waals surface area contributed by atoms with E-state index in [0.717, 1.165) is 56.1 Å². The Labute approximate surface area is 197 Å². The molecule has 160 valence electrons. The largest absolute Gasteiger partial charge is 0.507 e. The lowest BCUT2D eigenvalue weighted by Gasteiger charge is -2.08. The summed E-state index contributed by atoms with van der Waals surface area (Å²) >= 11 is 3.30. The Kier molecular flexibility index (Phi) is 4.69. The highest BCUT2D eigenvalue weighted by atomic mass is 79.9. The molecule has 0 aliphatic heterocycles. The number of hydrogen-bond acceptors (Lipinski definition) is 5. The molecule has 0 unspecified atom stereocenters. The highest BCUT2D eigenvalue weighted by molar-refractivity contribution is 9.10. The summed E-state index contributed by atoms with van der Waals surface area (Å²) in [5.74, 6) is 0.903. The van der Waals surface area contributed by atoms with Crippen LogP contribution in [0.15, 0.2) is 88.6 Å². The number of rotatable bonds is 4. The average Bonchev–Trinajstić information content (AvgIpc) is 3.41. The molecule has 7 heteroatoms. The van der Waals surface area contributed by atoms with Gasteiger partial charge in [-0.3, -0.25) is 0 Å². The zero-order valence-corrected chi connectivity index (χ0v) is 18.9. The first-order valence-electron chi connectivity index (χ1n) is 10.4. The summed E-state index contributed by atoms with van der Waals surface area (Å²) in [4.78, 5) is 18.2. The summed E-state index contributed by atoms with van der Waals surface area (Å²) in [6.07, 6.45) is 1.75. The number of pyridine rings is 1. The molecule has 2 heterocycles. The Morgan fingerprint density at radius 2 is 1.73 bits per heavy atom. The summed E-state index contributed by atoms with van der Waals surface area (Å²) in [6.45, 7) is 0.235. The first kappa shape index (κ1) is 19.7. The number of hydrogen-bond donors (Lipinski definition) is 2. The normalized spacial score (nSPS) is 13.3. The van der Waals surface area contributed by atoms with Gasteiger partial charge in [0.2, 0.25) is 0 Å². The molecule has 0 saturated heterocycles. The Morgan fingerprint density at radius 1 is 0.909 bits per heavy atom.